The monoisotopic (exact) mass is 263 g/mol. The standard InChI is InChI=1S/C16H25NO2/c18-8-7-17(12-3-1-2-4-12)16(19)15-13-10-5-6-11(9-10)14(13)15/h10-15,18H,1-9H2. The Balaban J connectivity index is 1.47. The van der Waals surface area contributed by atoms with E-state index in [2.05, 4.69) is 4.90 Å². The Hall–Kier alpha value is -0.570. The van der Waals surface area contributed by atoms with Crippen molar-refractivity contribution in [1.29, 1.82) is 0 Å². The summed E-state index contributed by atoms with van der Waals surface area (Å²) in [7, 11) is 0. The molecule has 0 aliphatic heterocycles. The van der Waals surface area contributed by atoms with E-state index in [9.17, 15) is 9.90 Å². The number of nitrogens with zero attached hydrogens (tertiary/aromatic N) is 1. The van der Waals surface area contributed by atoms with Crippen molar-refractivity contribution in [2.24, 2.45) is 29.6 Å². The number of carbonyl (C=O) groups excluding carboxylic acids is 1. The van der Waals surface area contributed by atoms with E-state index < -0.39 is 0 Å². The maximum atomic E-state index is 12.8. The molecule has 4 atom stereocenters. The lowest BCUT2D eigenvalue weighted by Gasteiger charge is -2.29. The molecule has 0 spiro atoms. The number of hydrogen-bond acceptors (Lipinski definition) is 2. The molecular formula is C16H25NO2. The highest BCUT2D eigenvalue weighted by Gasteiger charge is 2.68. The normalized spacial score (nSPS) is 43.5. The van der Waals surface area contributed by atoms with Crippen LogP contribution in [-0.4, -0.2) is 35.1 Å². The van der Waals surface area contributed by atoms with Gasteiger partial charge in [0.1, 0.15) is 0 Å². The first-order valence-electron chi connectivity index (χ1n) is 8.22. The lowest BCUT2D eigenvalue weighted by atomic mass is 10.0. The van der Waals surface area contributed by atoms with Gasteiger partial charge in [-0.15, -0.1) is 0 Å². The first-order valence-corrected chi connectivity index (χ1v) is 8.22. The zero-order chi connectivity index (χ0) is 13.0. The third kappa shape index (κ3) is 1.77. The smallest absolute Gasteiger partial charge is 0.226 e. The summed E-state index contributed by atoms with van der Waals surface area (Å²) in [6.07, 6.45) is 8.97. The molecular weight excluding hydrogens is 238 g/mol. The molecule has 0 saturated heterocycles. The Morgan fingerprint density at radius 1 is 1.05 bits per heavy atom. The van der Waals surface area contributed by atoms with Crippen molar-refractivity contribution in [2.75, 3.05) is 13.2 Å². The molecule has 0 aromatic carbocycles. The SMILES string of the molecule is O=C(C1C2C3CCC(C3)C12)N(CCO)C1CCCC1. The van der Waals surface area contributed by atoms with Crippen molar-refractivity contribution in [2.45, 2.75) is 51.0 Å². The number of amides is 1. The average Bonchev–Trinajstić information content (AvgIpc) is 2.85. The Kier molecular flexibility index (Phi) is 2.87. The molecule has 4 rings (SSSR count). The number of fused-ring (bicyclic) bond motifs is 5. The van der Waals surface area contributed by atoms with Crippen LogP contribution in [0.25, 0.3) is 0 Å². The second-order valence-corrected chi connectivity index (χ2v) is 7.21. The van der Waals surface area contributed by atoms with Crippen molar-refractivity contribution in [3.8, 4) is 0 Å². The predicted octanol–water partition coefficient (Wildman–Crippen LogP) is 2.04. The van der Waals surface area contributed by atoms with E-state index in [1.165, 1.54) is 32.1 Å². The summed E-state index contributed by atoms with van der Waals surface area (Å²) < 4.78 is 0. The van der Waals surface area contributed by atoms with Gasteiger partial charge in [-0.1, -0.05) is 12.8 Å². The summed E-state index contributed by atoms with van der Waals surface area (Å²) in [5.74, 6) is 3.93. The van der Waals surface area contributed by atoms with Crippen molar-refractivity contribution in [3.63, 3.8) is 0 Å². The molecule has 106 valence electrons. The first-order chi connectivity index (χ1) is 9.31. The maximum Gasteiger partial charge on any atom is 0.226 e. The molecule has 0 radical (unpaired) electrons. The second kappa shape index (κ2) is 4.47. The highest BCUT2D eigenvalue weighted by molar-refractivity contribution is 5.83. The Morgan fingerprint density at radius 3 is 2.26 bits per heavy atom. The van der Waals surface area contributed by atoms with Crippen molar-refractivity contribution in [1.82, 2.24) is 4.90 Å². The van der Waals surface area contributed by atoms with Gasteiger partial charge in [-0.05, 0) is 55.8 Å². The maximum absolute atomic E-state index is 12.8. The van der Waals surface area contributed by atoms with E-state index in [-0.39, 0.29) is 6.61 Å². The Morgan fingerprint density at radius 2 is 1.68 bits per heavy atom. The van der Waals surface area contributed by atoms with Crippen LogP contribution in [0.2, 0.25) is 0 Å². The van der Waals surface area contributed by atoms with Crippen LogP contribution in [0.15, 0.2) is 0 Å². The van der Waals surface area contributed by atoms with Crippen molar-refractivity contribution < 1.29 is 9.90 Å². The predicted molar refractivity (Wildman–Crippen MR) is 72.4 cm³/mol. The van der Waals surface area contributed by atoms with Gasteiger partial charge in [0.25, 0.3) is 0 Å². The van der Waals surface area contributed by atoms with E-state index in [4.69, 9.17) is 0 Å². The largest absolute Gasteiger partial charge is 0.395 e. The molecule has 4 saturated carbocycles. The Labute approximate surface area is 115 Å². The molecule has 0 heterocycles. The van der Waals surface area contributed by atoms with Gasteiger partial charge in [-0.2, -0.15) is 0 Å². The van der Waals surface area contributed by atoms with Crippen LogP contribution < -0.4 is 0 Å². The quantitative estimate of drug-likeness (QED) is 0.843. The lowest BCUT2D eigenvalue weighted by molar-refractivity contribution is -0.136. The third-order valence-corrected chi connectivity index (χ3v) is 6.41. The van der Waals surface area contributed by atoms with E-state index in [1.807, 2.05) is 0 Å². The van der Waals surface area contributed by atoms with Gasteiger partial charge in [-0.3, -0.25) is 4.79 Å². The van der Waals surface area contributed by atoms with E-state index >= 15 is 0 Å². The van der Waals surface area contributed by atoms with E-state index in [0.29, 0.717) is 24.4 Å². The van der Waals surface area contributed by atoms with Crippen LogP contribution in [0.5, 0.6) is 0 Å². The minimum absolute atomic E-state index is 0.122. The molecule has 1 amide bonds. The zero-order valence-corrected chi connectivity index (χ0v) is 11.6. The second-order valence-electron chi connectivity index (χ2n) is 7.21. The van der Waals surface area contributed by atoms with Crippen LogP contribution in [0.3, 0.4) is 0 Å². The highest BCUT2D eigenvalue weighted by atomic mass is 16.3. The summed E-state index contributed by atoms with van der Waals surface area (Å²) >= 11 is 0. The van der Waals surface area contributed by atoms with Gasteiger partial charge >= 0.3 is 0 Å². The summed E-state index contributed by atoms with van der Waals surface area (Å²) in [4.78, 5) is 14.9. The highest BCUT2D eigenvalue weighted by Crippen LogP contribution is 2.69. The minimum Gasteiger partial charge on any atom is -0.395 e. The number of carbonyl (C=O) groups is 1. The van der Waals surface area contributed by atoms with E-state index in [0.717, 1.165) is 36.5 Å². The van der Waals surface area contributed by atoms with Crippen molar-refractivity contribution >= 4 is 5.91 Å². The topological polar surface area (TPSA) is 40.5 Å². The van der Waals surface area contributed by atoms with Gasteiger partial charge in [0.15, 0.2) is 0 Å². The van der Waals surface area contributed by atoms with Gasteiger partial charge in [0, 0.05) is 18.5 Å². The van der Waals surface area contributed by atoms with Gasteiger partial charge in [0.2, 0.25) is 5.91 Å². The third-order valence-electron chi connectivity index (χ3n) is 6.41. The van der Waals surface area contributed by atoms with Crippen LogP contribution >= 0.6 is 0 Å². The lowest BCUT2D eigenvalue weighted by Crippen LogP contribution is -2.42. The average molecular weight is 263 g/mol. The molecule has 0 aromatic rings. The van der Waals surface area contributed by atoms with Crippen LogP contribution in [0.1, 0.15) is 44.9 Å². The number of hydrogen-bond donors (Lipinski definition) is 1. The molecule has 4 aliphatic carbocycles. The van der Waals surface area contributed by atoms with E-state index in [1.54, 1.807) is 0 Å². The molecule has 4 aliphatic rings. The summed E-state index contributed by atoms with van der Waals surface area (Å²) in [6, 6.07) is 0.429. The summed E-state index contributed by atoms with van der Waals surface area (Å²) in [5.41, 5.74) is 0. The molecule has 1 N–H and O–H groups in total. The molecule has 4 unspecified atom stereocenters. The van der Waals surface area contributed by atoms with Crippen LogP contribution in [-0.2, 0) is 4.79 Å². The van der Waals surface area contributed by atoms with Crippen LogP contribution in [0.4, 0.5) is 0 Å². The summed E-state index contributed by atoms with van der Waals surface area (Å²) in [5, 5.41) is 9.27. The Bertz CT molecular complexity index is 361. The number of aliphatic hydroxyl groups is 1. The minimum atomic E-state index is 0.122. The first kappa shape index (κ1) is 12.2. The molecule has 4 fully saturated rings. The molecule has 3 heteroatoms. The van der Waals surface area contributed by atoms with Gasteiger partial charge in [0.05, 0.1) is 6.61 Å². The van der Waals surface area contributed by atoms with Gasteiger partial charge in [-0.25, -0.2) is 0 Å². The van der Waals surface area contributed by atoms with Crippen molar-refractivity contribution in [3.05, 3.63) is 0 Å². The molecule has 0 aromatic heterocycles. The fourth-order valence-electron chi connectivity index (χ4n) is 5.64. The summed E-state index contributed by atoms with van der Waals surface area (Å²) in [6.45, 7) is 0.686. The molecule has 3 nitrogen and oxygen atoms in total. The fourth-order valence-corrected chi connectivity index (χ4v) is 5.64. The van der Waals surface area contributed by atoms with Crippen LogP contribution in [0, 0.1) is 29.6 Å². The zero-order valence-electron chi connectivity index (χ0n) is 11.6. The number of rotatable bonds is 4. The number of aliphatic hydroxyl groups excluding tert-OH is 1. The molecule has 19 heavy (non-hydrogen) atoms. The molecule has 2 bridgehead atoms. The fraction of sp³-hybridized carbons (Fsp3) is 0.938. The van der Waals surface area contributed by atoms with Gasteiger partial charge < -0.3 is 10.0 Å².